The fourth-order valence-electron chi connectivity index (χ4n) is 3.82. The van der Waals surface area contributed by atoms with Crippen LogP contribution in [0.2, 0.25) is 0 Å². The van der Waals surface area contributed by atoms with Gasteiger partial charge in [-0.15, -0.1) is 0 Å². The van der Waals surface area contributed by atoms with Gasteiger partial charge in [-0.2, -0.15) is 0 Å². The molecule has 1 aliphatic carbocycles. The molecule has 1 fully saturated rings. The molecule has 3 aromatic rings. The lowest BCUT2D eigenvalue weighted by Gasteiger charge is -2.22. The monoisotopic (exact) mass is 389 g/mol. The molecule has 5 nitrogen and oxygen atoms in total. The van der Waals surface area contributed by atoms with Crippen LogP contribution in [0.3, 0.4) is 0 Å². The van der Waals surface area contributed by atoms with E-state index in [1.807, 2.05) is 64.1 Å². The molecule has 29 heavy (non-hydrogen) atoms. The zero-order valence-electron chi connectivity index (χ0n) is 16.9. The molecule has 150 valence electrons. The molecule has 0 atom stereocenters. The van der Waals surface area contributed by atoms with Gasteiger partial charge in [0, 0.05) is 32.0 Å². The predicted molar refractivity (Wildman–Crippen MR) is 115 cm³/mol. The maximum absolute atomic E-state index is 13.0. The number of rotatable bonds is 8. The van der Waals surface area contributed by atoms with Crippen LogP contribution in [0, 0.1) is 0 Å². The average Bonchev–Trinajstić information content (AvgIpc) is 3.57. The Balaban J connectivity index is 1.54. The van der Waals surface area contributed by atoms with Gasteiger partial charge in [0.15, 0.2) is 0 Å². The highest BCUT2D eigenvalue weighted by Crippen LogP contribution is 2.35. The summed E-state index contributed by atoms with van der Waals surface area (Å²) in [5, 5.41) is 0.658. The molecule has 0 unspecified atom stereocenters. The molecule has 5 heteroatoms. The van der Waals surface area contributed by atoms with E-state index in [4.69, 9.17) is 4.98 Å². The summed E-state index contributed by atoms with van der Waals surface area (Å²) in [6.07, 6.45) is 3.79. The molecule has 0 radical (unpaired) electrons. The first kappa shape index (κ1) is 19.4. The number of fused-ring (bicyclic) bond motifs is 1. The Bertz CT molecular complexity index is 1050. The van der Waals surface area contributed by atoms with Gasteiger partial charge >= 0.3 is 0 Å². The number of aryl methyl sites for hydroxylation is 1. The van der Waals surface area contributed by atoms with Gasteiger partial charge in [0.2, 0.25) is 5.91 Å². The number of hydrogen-bond acceptors (Lipinski definition) is 3. The second-order valence-electron chi connectivity index (χ2n) is 7.75. The summed E-state index contributed by atoms with van der Waals surface area (Å²) in [5.74, 6) is 0.848. The normalized spacial score (nSPS) is 13.6. The largest absolute Gasteiger partial charge is 0.338 e. The molecule has 1 heterocycles. The van der Waals surface area contributed by atoms with Crippen molar-refractivity contribution in [3.63, 3.8) is 0 Å². The fraction of sp³-hybridized carbons (Fsp3) is 0.375. The van der Waals surface area contributed by atoms with E-state index in [2.05, 4.69) is 6.92 Å². The molecule has 1 aliphatic rings. The van der Waals surface area contributed by atoms with Gasteiger partial charge in [0.1, 0.15) is 5.82 Å². The smallest absolute Gasteiger partial charge is 0.261 e. The van der Waals surface area contributed by atoms with Gasteiger partial charge in [-0.3, -0.25) is 14.2 Å². The van der Waals surface area contributed by atoms with E-state index in [1.54, 1.807) is 0 Å². The van der Waals surface area contributed by atoms with Crippen LogP contribution in [-0.2, 0) is 17.8 Å². The summed E-state index contributed by atoms with van der Waals surface area (Å²) in [7, 11) is 0. The Morgan fingerprint density at radius 2 is 1.83 bits per heavy atom. The molecule has 4 rings (SSSR count). The molecule has 0 spiro atoms. The van der Waals surface area contributed by atoms with E-state index < -0.39 is 0 Å². The zero-order valence-corrected chi connectivity index (χ0v) is 16.9. The quantitative estimate of drug-likeness (QED) is 0.583. The number of para-hydroxylation sites is 1. The summed E-state index contributed by atoms with van der Waals surface area (Å²) in [4.78, 5) is 32.6. The summed E-state index contributed by atoms with van der Waals surface area (Å²) in [5.41, 5.74) is 1.87. The number of carbonyl (C=O) groups is 1. The summed E-state index contributed by atoms with van der Waals surface area (Å²) in [6.45, 7) is 3.43. The molecule has 0 N–H and O–H groups in total. The molecular weight excluding hydrogens is 362 g/mol. The highest BCUT2D eigenvalue weighted by molar-refractivity contribution is 5.78. The third-order valence-corrected chi connectivity index (χ3v) is 5.42. The maximum atomic E-state index is 13.0. The number of hydrogen-bond donors (Lipinski definition) is 0. The Kier molecular flexibility index (Phi) is 5.74. The Labute approximate surface area is 171 Å². The minimum Gasteiger partial charge on any atom is -0.338 e. The summed E-state index contributed by atoms with van der Waals surface area (Å²) < 4.78 is 1.83. The second-order valence-corrected chi connectivity index (χ2v) is 7.75. The number of aromatic nitrogens is 2. The molecule has 1 amide bonds. The van der Waals surface area contributed by atoms with Gasteiger partial charge in [0.25, 0.3) is 5.56 Å². The van der Waals surface area contributed by atoms with E-state index >= 15 is 0 Å². The van der Waals surface area contributed by atoms with Crippen LogP contribution in [0.25, 0.3) is 10.9 Å². The number of benzene rings is 2. The highest BCUT2D eigenvalue weighted by Gasteiger charge is 2.28. The molecular formula is C24H27N3O2. The number of amides is 1. The average molecular weight is 389 g/mol. The van der Waals surface area contributed by atoms with Crippen molar-refractivity contribution in [3.8, 4) is 0 Å². The van der Waals surface area contributed by atoms with Crippen LogP contribution in [0.1, 0.15) is 50.0 Å². The van der Waals surface area contributed by atoms with E-state index in [-0.39, 0.29) is 17.5 Å². The maximum Gasteiger partial charge on any atom is 0.261 e. The van der Waals surface area contributed by atoms with E-state index in [0.717, 1.165) is 37.2 Å². The first-order valence-electron chi connectivity index (χ1n) is 10.5. The zero-order chi connectivity index (χ0) is 20.2. The van der Waals surface area contributed by atoms with E-state index in [1.165, 1.54) is 0 Å². The lowest BCUT2D eigenvalue weighted by molar-refractivity contribution is -0.131. The minimum absolute atomic E-state index is 0.0234. The van der Waals surface area contributed by atoms with Crippen LogP contribution in [0.15, 0.2) is 59.4 Å². The molecule has 1 saturated carbocycles. The fourth-order valence-corrected chi connectivity index (χ4v) is 3.82. The lowest BCUT2D eigenvalue weighted by Crippen LogP contribution is -2.32. The van der Waals surface area contributed by atoms with Crippen molar-refractivity contribution in [1.29, 1.82) is 0 Å². The second kappa shape index (κ2) is 8.60. The SMILES string of the molecule is CCCN(Cc1ccccc1)C(=O)CCc1nc2ccccc2c(=O)n1C1CC1. The van der Waals surface area contributed by atoms with Crippen molar-refractivity contribution >= 4 is 16.8 Å². The lowest BCUT2D eigenvalue weighted by atomic mass is 10.1. The predicted octanol–water partition coefficient (Wildman–Crippen LogP) is 4.10. The van der Waals surface area contributed by atoms with Gasteiger partial charge in [-0.05, 0) is 37.0 Å². The number of nitrogens with zero attached hydrogens (tertiary/aromatic N) is 3. The third-order valence-electron chi connectivity index (χ3n) is 5.42. The van der Waals surface area contributed by atoms with Crippen LogP contribution in [-0.4, -0.2) is 26.9 Å². The van der Waals surface area contributed by atoms with Crippen molar-refractivity contribution in [3.05, 3.63) is 76.3 Å². The van der Waals surface area contributed by atoms with Crippen molar-refractivity contribution in [1.82, 2.24) is 14.5 Å². The van der Waals surface area contributed by atoms with Crippen molar-refractivity contribution in [2.24, 2.45) is 0 Å². The van der Waals surface area contributed by atoms with E-state index in [9.17, 15) is 9.59 Å². The third kappa shape index (κ3) is 4.39. The first-order valence-corrected chi connectivity index (χ1v) is 10.5. The van der Waals surface area contributed by atoms with Crippen LogP contribution >= 0.6 is 0 Å². The van der Waals surface area contributed by atoms with Gasteiger partial charge < -0.3 is 4.90 Å². The molecule has 1 aromatic heterocycles. The summed E-state index contributed by atoms with van der Waals surface area (Å²) in [6, 6.07) is 17.8. The summed E-state index contributed by atoms with van der Waals surface area (Å²) >= 11 is 0. The first-order chi connectivity index (χ1) is 14.2. The highest BCUT2D eigenvalue weighted by atomic mass is 16.2. The van der Waals surface area contributed by atoms with Crippen LogP contribution in [0.4, 0.5) is 0 Å². The van der Waals surface area contributed by atoms with Crippen molar-refractivity contribution in [2.75, 3.05) is 6.54 Å². The van der Waals surface area contributed by atoms with Crippen LogP contribution < -0.4 is 5.56 Å². The van der Waals surface area contributed by atoms with Crippen molar-refractivity contribution < 1.29 is 4.79 Å². The van der Waals surface area contributed by atoms with Gasteiger partial charge in [-0.1, -0.05) is 49.4 Å². The standard InChI is InChI=1S/C24H27N3O2/c1-2-16-26(17-18-8-4-3-5-9-18)23(28)15-14-22-25-21-11-7-6-10-20(21)24(29)27(22)19-12-13-19/h3-11,19H,2,12-17H2,1H3. The topological polar surface area (TPSA) is 55.2 Å². The van der Waals surface area contributed by atoms with Gasteiger partial charge in [0.05, 0.1) is 10.9 Å². The Morgan fingerprint density at radius 1 is 1.10 bits per heavy atom. The molecule has 2 aromatic carbocycles. The van der Waals surface area contributed by atoms with Crippen molar-refractivity contribution in [2.45, 2.75) is 51.6 Å². The van der Waals surface area contributed by atoms with Crippen LogP contribution in [0.5, 0.6) is 0 Å². The molecule has 0 aliphatic heterocycles. The van der Waals surface area contributed by atoms with Gasteiger partial charge in [-0.25, -0.2) is 4.98 Å². The Hall–Kier alpha value is -2.95. The molecule has 0 saturated heterocycles. The molecule has 0 bridgehead atoms. The Morgan fingerprint density at radius 3 is 2.55 bits per heavy atom. The van der Waals surface area contributed by atoms with E-state index in [0.29, 0.717) is 30.3 Å². The minimum atomic E-state index is 0.0234. The number of carbonyl (C=O) groups excluding carboxylic acids is 1.